The first-order chi connectivity index (χ1) is 9.79. The van der Waals surface area contributed by atoms with E-state index in [0.717, 1.165) is 25.9 Å². The number of aliphatic hydroxyl groups is 1. The Hall–Kier alpha value is -1.46. The minimum Gasteiger partial charge on any atom is -0.392 e. The lowest BCUT2D eigenvalue weighted by Gasteiger charge is -2.09. The van der Waals surface area contributed by atoms with Crippen molar-refractivity contribution in [3.63, 3.8) is 0 Å². The fourth-order valence-corrected chi connectivity index (χ4v) is 2.36. The Labute approximate surface area is 119 Å². The summed E-state index contributed by atoms with van der Waals surface area (Å²) in [6, 6.07) is 3.31. The number of nitrogens with zero attached hydrogens (tertiary/aromatic N) is 1. The van der Waals surface area contributed by atoms with E-state index in [1.54, 1.807) is 12.1 Å². The summed E-state index contributed by atoms with van der Waals surface area (Å²) in [4.78, 5) is 15.9. The van der Waals surface area contributed by atoms with E-state index in [9.17, 15) is 4.79 Å². The Kier molecular flexibility index (Phi) is 5.95. The highest BCUT2D eigenvalue weighted by Gasteiger charge is 2.14. The van der Waals surface area contributed by atoms with E-state index in [0.29, 0.717) is 23.9 Å². The molecule has 0 aliphatic carbocycles. The highest BCUT2D eigenvalue weighted by Crippen LogP contribution is 2.17. The van der Waals surface area contributed by atoms with E-state index >= 15 is 0 Å². The minimum absolute atomic E-state index is 0.0792. The number of carbonyl (C=O) groups excluding carboxylic acids is 1. The molecule has 1 aromatic rings. The molecule has 0 unspecified atom stereocenters. The van der Waals surface area contributed by atoms with E-state index < -0.39 is 0 Å². The SMILES string of the molecule is O=C(NCCCC[C@@H]1CCCO1)c1cc(CO)ccn1. The molecule has 1 atom stereocenters. The first-order valence-corrected chi connectivity index (χ1v) is 7.25. The average Bonchev–Trinajstić information content (AvgIpc) is 3.00. The summed E-state index contributed by atoms with van der Waals surface area (Å²) in [5, 5.41) is 11.9. The second-order valence-corrected chi connectivity index (χ2v) is 5.09. The number of hydrogen-bond acceptors (Lipinski definition) is 4. The van der Waals surface area contributed by atoms with Crippen LogP contribution in [0.4, 0.5) is 0 Å². The summed E-state index contributed by atoms with van der Waals surface area (Å²) in [5.41, 5.74) is 1.05. The Morgan fingerprint density at radius 2 is 2.40 bits per heavy atom. The maximum atomic E-state index is 11.9. The minimum atomic E-state index is -0.183. The lowest BCUT2D eigenvalue weighted by atomic mass is 10.1. The molecule has 0 aromatic carbocycles. The van der Waals surface area contributed by atoms with Gasteiger partial charge in [0.15, 0.2) is 0 Å². The van der Waals surface area contributed by atoms with Gasteiger partial charge in [-0.15, -0.1) is 0 Å². The maximum Gasteiger partial charge on any atom is 0.269 e. The zero-order chi connectivity index (χ0) is 14.2. The third-order valence-corrected chi connectivity index (χ3v) is 3.50. The van der Waals surface area contributed by atoms with E-state index in [1.807, 2.05) is 0 Å². The largest absolute Gasteiger partial charge is 0.392 e. The van der Waals surface area contributed by atoms with Crippen molar-refractivity contribution in [2.75, 3.05) is 13.2 Å². The number of rotatable bonds is 7. The van der Waals surface area contributed by atoms with Crippen LogP contribution in [0.1, 0.15) is 48.2 Å². The van der Waals surface area contributed by atoms with Gasteiger partial charge in [0.2, 0.25) is 0 Å². The van der Waals surface area contributed by atoms with Crippen molar-refractivity contribution in [1.29, 1.82) is 0 Å². The molecule has 0 bridgehead atoms. The molecule has 1 aliphatic heterocycles. The molecule has 1 saturated heterocycles. The summed E-state index contributed by atoms with van der Waals surface area (Å²) >= 11 is 0. The second kappa shape index (κ2) is 7.97. The fraction of sp³-hybridized carbons (Fsp3) is 0.600. The molecule has 2 heterocycles. The highest BCUT2D eigenvalue weighted by atomic mass is 16.5. The first kappa shape index (κ1) is 14.9. The maximum absolute atomic E-state index is 11.9. The number of aromatic nitrogens is 1. The van der Waals surface area contributed by atoms with Crippen molar-refractivity contribution >= 4 is 5.91 Å². The van der Waals surface area contributed by atoms with Crippen molar-refractivity contribution in [2.24, 2.45) is 0 Å². The first-order valence-electron chi connectivity index (χ1n) is 7.25. The number of amides is 1. The van der Waals surface area contributed by atoms with Crippen LogP contribution in [0.5, 0.6) is 0 Å². The van der Waals surface area contributed by atoms with E-state index in [2.05, 4.69) is 10.3 Å². The number of ether oxygens (including phenoxy) is 1. The van der Waals surface area contributed by atoms with Crippen molar-refractivity contribution in [2.45, 2.75) is 44.8 Å². The van der Waals surface area contributed by atoms with Crippen LogP contribution in [0.25, 0.3) is 0 Å². The highest BCUT2D eigenvalue weighted by molar-refractivity contribution is 5.92. The molecule has 1 aromatic heterocycles. The number of pyridine rings is 1. The summed E-state index contributed by atoms with van der Waals surface area (Å²) < 4.78 is 5.55. The van der Waals surface area contributed by atoms with Crippen LogP contribution in [-0.4, -0.2) is 35.3 Å². The van der Waals surface area contributed by atoms with Gasteiger partial charge in [-0.3, -0.25) is 9.78 Å². The van der Waals surface area contributed by atoms with Crippen LogP contribution < -0.4 is 5.32 Å². The number of nitrogens with one attached hydrogen (secondary N) is 1. The third-order valence-electron chi connectivity index (χ3n) is 3.50. The molecule has 0 saturated carbocycles. The van der Waals surface area contributed by atoms with Crippen LogP contribution in [-0.2, 0) is 11.3 Å². The van der Waals surface area contributed by atoms with E-state index in [4.69, 9.17) is 9.84 Å². The normalized spacial score (nSPS) is 18.1. The predicted molar refractivity (Wildman–Crippen MR) is 75.3 cm³/mol. The molecular formula is C15H22N2O3. The molecule has 0 spiro atoms. The van der Waals surface area contributed by atoms with E-state index in [1.165, 1.54) is 19.0 Å². The van der Waals surface area contributed by atoms with Gasteiger partial charge in [0.1, 0.15) is 5.69 Å². The van der Waals surface area contributed by atoms with Gasteiger partial charge in [0, 0.05) is 19.3 Å². The molecule has 1 amide bonds. The standard InChI is InChI=1S/C15H22N2O3/c18-11-12-6-8-16-14(10-12)15(19)17-7-2-1-4-13-5-3-9-20-13/h6,8,10,13,18H,1-5,7,9,11H2,(H,17,19)/t13-/m1/s1. The summed E-state index contributed by atoms with van der Waals surface area (Å²) in [5.74, 6) is -0.183. The summed E-state index contributed by atoms with van der Waals surface area (Å²) in [7, 11) is 0. The second-order valence-electron chi connectivity index (χ2n) is 5.09. The van der Waals surface area contributed by atoms with Gasteiger partial charge >= 0.3 is 0 Å². The summed E-state index contributed by atoms with van der Waals surface area (Å²) in [6.07, 6.45) is 7.40. The number of carbonyl (C=O) groups is 1. The Morgan fingerprint density at radius 3 is 3.15 bits per heavy atom. The monoisotopic (exact) mass is 278 g/mol. The summed E-state index contributed by atoms with van der Waals surface area (Å²) in [6.45, 7) is 1.47. The fourth-order valence-electron chi connectivity index (χ4n) is 2.36. The Bertz CT molecular complexity index is 431. The van der Waals surface area contributed by atoms with Crippen LogP contribution in [0.15, 0.2) is 18.3 Å². The average molecular weight is 278 g/mol. The zero-order valence-electron chi connectivity index (χ0n) is 11.7. The lowest BCUT2D eigenvalue weighted by molar-refractivity contribution is 0.0942. The Balaban J connectivity index is 1.64. The van der Waals surface area contributed by atoms with Gasteiger partial charge in [-0.05, 0) is 49.8 Å². The van der Waals surface area contributed by atoms with Crippen LogP contribution in [0.2, 0.25) is 0 Å². The van der Waals surface area contributed by atoms with Gasteiger partial charge in [-0.1, -0.05) is 0 Å². The zero-order valence-corrected chi connectivity index (χ0v) is 11.7. The van der Waals surface area contributed by atoms with Crippen molar-refractivity contribution in [1.82, 2.24) is 10.3 Å². The molecule has 1 aliphatic rings. The van der Waals surface area contributed by atoms with Gasteiger partial charge in [0.05, 0.1) is 12.7 Å². The molecule has 5 heteroatoms. The molecule has 2 N–H and O–H groups in total. The molecule has 5 nitrogen and oxygen atoms in total. The van der Waals surface area contributed by atoms with E-state index in [-0.39, 0.29) is 12.5 Å². The number of aliphatic hydroxyl groups excluding tert-OH is 1. The lowest BCUT2D eigenvalue weighted by Crippen LogP contribution is -2.25. The van der Waals surface area contributed by atoms with Crippen LogP contribution >= 0.6 is 0 Å². The van der Waals surface area contributed by atoms with Crippen molar-refractivity contribution in [3.8, 4) is 0 Å². The number of hydrogen-bond donors (Lipinski definition) is 2. The molecule has 110 valence electrons. The predicted octanol–water partition coefficient (Wildman–Crippen LogP) is 1.65. The molecule has 2 rings (SSSR count). The van der Waals surface area contributed by atoms with Crippen LogP contribution in [0.3, 0.4) is 0 Å². The third kappa shape index (κ3) is 4.58. The molecule has 0 radical (unpaired) electrons. The van der Waals surface area contributed by atoms with Gasteiger partial charge in [0.25, 0.3) is 5.91 Å². The smallest absolute Gasteiger partial charge is 0.269 e. The van der Waals surface area contributed by atoms with Gasteiger partial charge in [-0.25, -0.2) is 0 Å². The molecular weight excluding hydrogens is 256 g/mol. The van der Waals surface area contributed by atoms with Gasteiger partial charge in [-0.2, -0.15) is 0 Å². The van der Waals surface area contributed by atoms with Crippen LogP contribution in [0, 0.1) is 0 Å². The van der Waals surface area contributed by atoms with Crippen molar-refractivity contribution < 1.29 is 14.6 Å². The van der Waals surface area contributed by atoms with Gasteiger partial charge < -0.3 is 15.2 Å². The molecule has 20 heavy (non-hydrogen) atoms. The quantitative estimate of drug-likeness (QED) is 0.744. The topological polar surface area (TPSA) is 71.5 Å². The Morgan fingerprint density at radius 1 is 1.50 bits per heavy atom. The molecule has 1 fully saturated rings. The van der Waals surface area contributed by atoms with Crippen molar-refractivity contribution in [3.05, 3.63) is 29.6 Å². The number of unbranched alkanes of at least 4 members (excludes halogenated alkanes) is 1.